The van der Waals surface area contributed by atoms with Crippen molar-refractivity contribution in [2.45, 2.75) is 0 Å². The van der Waals surface area contributed by atoms with Crippen LogP contribution in [0.5, 0.6) is 5.75 Å². The summed E-state index contributed by atoms with van der Waals surface area (Å²) < 4.78 is 18.3. The summed E-state index contributed by atoms with van der Waals surface area (Å²) in [6, 6.07) is 9.45. The Kier molecular flexibility index (Phi) is 3.06. The molecule has 0 unspecified atom stereocenters. The van der Waals surface area contributed by atoms with E-state index >= 15 is 0 Å². The van der Waals surface area contributed by atoms with Gasteiger partial charge >= 0.3 is 0 Å². The molecular formula is C12H9ClFNO. The fourth-order valence-corrected chi connectivity index (χ4v) is 1.60. The SMILES string of the molecule is COc1ccc(F)cc1-c1cccc(Cl)n1. The van der Waals surface area contributed by atoms with Crippen LogP contribution in [0.2, 0.25) is 5.15 Å². The molecule has 0 amide bonds. The maximum atomic E-state index is 13.2. The monoisotopic (exact) mass is 237 g/mol. The molecule has 0 aliphatic heterocycles. The summed E-state index contributed by atoms with van der Waals surface area (Å²) >= 11 is 5.78. The molecule has 0 bridgehead atoms. The molecule has 0 aliphatic carbocycles. The van der Waals surface area contributed by atoms with Gasteiger partial charge in [0.05, 0.1) is 12.8 Å². The van der Waals surface area contributed by atoms with Gasteiger partial charge in [-0.3, -0.25) is 0 Å². The number of benzene rings is 1. The Morgan fingerprint density at radius 3 is 2.75 bits per heavy atom. The van der Waals surface area contributed by atoms with Gasteiger partial charge in [-0.05, 0) is 30.3 Å². The molecule has 0 spiro atoms. The highest BCUT2D eigenvalue weighted by Crippen LogP contribution is 2.29. The molecule has 2 aromatic rings. The Bertz CT molecular complexity index is 516. The van der Waals surface area contributed by atoms with Gasteiger partial charge in [-0.1, -0.05) is 17.7 Å². The van der Waals surface area contributed by atoms with Crippen molar-refractivity contribution in [3.8, 4) is 17.0 Å². The lowest BCUT2D eigenvalue weighted by atomic mass is 10.1. The number of hydrogen-bond acceptors (Lipinski definition) is 2. The van der Waals surface area contributed by atoms with Crippen LogP contribution in [0.15, 0.2) is 36.4 Å². The van der Waals surface area contributed by atoms with Crippen molar-refractivity contribution >= 4 is 11.6 Å². The first-order valence-corrected chi connectivity index (χ1v) is 5.05. The van der Waals surface area contributed by atoms with Gasteiger partial charge in [-0.2, -0.15) is 0 Å². The maximum absolute atomic E-state index is 13.2. The first-order chi connectivity index (χ1) is 7.70. The summed E-state index contributed by atoms with van der Waals surface area (Å²) in [7, 11) is 1.53. The Morgan fingerprint density at radius 1 is 1.25 bits per heavy atom. The van der Waals surface area contributed by atoms with Crippen LogP contribution in [0.4, 0.5) is 4.39 Å². The smallest absolute Gasteiger partial charge is 0.129 e. The third-order valence-corrected chi connectivity index (χ3v) is 2.36. The van der Waals surface area contributed by atoms with E-state index in [9.17, 15) is 4.39 Å². The van der Waals surface area contributed by atoms with Gasteiger partial charge in [0.15, 0.2) is 0 Å². The summed E-state index contributed by atoms with van der Waals surface area (Å²) in [5.74, 6) is 0.230. The average Bonchev–Trinajstić information content (AvgIpc) is 2.29. The number of rotatable bonds is 2. The van der Waals surface area contributed by atoms with Crippen LogP contribution in [0.3, 0.4) is 0 Å². The average molecular weight is 238 g/mol. The molecule has 0 atom stereocenters. The summed E-state index contributed by atoms with van der Waals surface area (Å²) in [5, 5.41) is 0.365. The van der Waals surface area contributed by atoms with Gasteiger partial charge < -0.3 is 4.74 Å². The zero-order valence-electron chi connectivity index (χ0n) is 8.58. The highest BCUT2D eigenvalue weighted by Gasteiger charge is 2.08. The van der Waals surface area contributed by atoms with Crippen molar-refractivity contribution in [1.82, 2.24) is 4.98 Å². The van der Waals surface area contributed by atoms with E-state index in [0.29, 0.717) is 22.2 Å². The minimum atomic E-state index is -0.336. The van der Waals surface area contributed by atoms with Gasteiger partial charge in [-0.25, -0.2) is 9.37 Å². The summed E-state index contributed by atoms with van der Waals surface area (Å²) in [5.41, 5.74) is 1.17. The Labute approximate surface area is 97.7 Å². The highest BCUT2D eigenvalue weighted by molar-refractivity contribution is 6.29. The zero-order valence-corrected chi connectivity index (χ0v) is 9.33. The van der Waals surface area contributed by atoms with Crippen molar-refractivity contribution < 1.29 is 9.13 Å². The van der Waals surface area contributed by atoms with E-state index in [-0.39, 0.29) is 5.82 Å². The summed E-state index contributed by atoms with van der Waals surface area (Å²) in [6.45, 7) is 0. The van der Waals surface area contributed by atoms with E-state index in [4.69, 9.17) is 16.3 Å². The largest absolute Gasteiger partial charge is 0.496 e. The fourth-order valence-electron chi connectivity index (χ4n) is 1.44. The molecule has 1 heterocycles. The molecule has 0 radical (unpaired) electrons. The second-order valence-electron chi connectivity index (χ2n) is 3.19. The van der Waals surface area contributed by atoms with Crippen molar-refractivity contribution in [3.05, 3.63) is 47.4 Å². The van der Waals surface area contributed by atoms with Crippen LogP contribution in [-0.2, 0) is 0 Å². The van der Waals surface area contributed by atoms with Crippen molar-refractivity contribution in [1.29, 1.82) is 0 Å². The lowest BCUT2D eigenvalue weighted by Gasteiger charge is -2.07. The molecule has 16 heavy (non-hydrogen) atoms. The summed E-state index contributed by atoms with van der Waals surface area (Å²) in [6.07, 6.45) is 0. The summed E-state index contributed by atoms with van der Waals surface area (Å²) in [4.78, 5) is 4.11. The molecule has 2 rings (SSSR count). The van der Waals surface area contributed by atoms with E-state index in [0.717, 1.165) is 0 Å². The number of hydrogen-bond donors (Lipinski definition) is 0. The molecule has 4 heteroatoms. The molecule has 2 nitrogen and oxygen atoms in total. The third-order valence-electron chi connectivity index (χ3n) is 2.15. The van der Waals surface area contributed by atoms with Crippen LogP contribution >= 0.6 is 11.6 Å². The third kappa shape index (κ3) is 2.14. The van der Waals surface area contributed by atoms with Crippen LogP contribution in [-0.4, -0.2) is 12.1 Å². The minimum absolute atomic E-state index is 0.336. The van der Waals surface area contributed by atoms with Crippen molar-refractivity contribution in [3.63, 3.8) is 0 Å². The first-order valence-electron chi connectivity index (χ1n) is 4.67. The van der Waals surface area contributed by atoms with E-state index < -0.39 is 0 Å². The Balaban J connectivity index is 2.58. The topological polar surface area (TPSA) is 22.1 Å². The standard InChI is InChI=1S/C12H9ClFNO/c1-16-11-6-5-8(14)7-9(11)10-3-2-4-12(13)15-10/h2-7H,1H3. The van der Waals surface area contributed by atoms with Gasteiger partial charge in [0.25, 0.3) is 0 Å². The van der Waals surface area contributed by atoms with E-state index in [1.54, 1.807) is 24.3 Å². The van der Waals surface area contributed by atoms with E-state index in [1.165, 1.54) is 19.2 Å². The van der Waals surface area contributed by atoms with Crippen LogP contribution in [0.25, 0.3) is 11.3 Å². The van der Waals surface area contributed by atoms with Crippen LogP contribution in [0, 0.1) is 5.82 Å². The van der Waals surface area contributed by atoms with E-state index in [2.05, 4.69) is 4.98 Å². The molecule has 0 saturated carbocycles. The quantitative estimate of drug-likeness (QED) is 0.746. The number of methoxy groups -OCH3 is 1. The minimum Gasteiger partial charge on any atom is -0.496 e. The van der Waals surface area contributed by atoms with Crippen LogP contribution < -0.4 is 4.74 Å². The maximum Gasteiger partial charge on any atom is 0.129 e. The molecule has 82 valence electrons. The van der Waals surface area contributed by atoms with Crippen molar-refractivity contribution in [2.75, 3.05) is 7.11 Å². The molecule has 0 saturated heterocycles. The van der Waals surface area contributed by atoms with Crippen LogP contribution in [0.1, 0.15) is 0 Å². The molecule has 1 aromatic heterocycles. The Morgan fingerprint density at radius 2 is 2.06 bits per heavy atom. The lowest BCUT2D eigenvalue weighted by Crippen LogP contribution is -1.91. The predicted octanol–water partition coefficient (Wildman–Crippen LogP) is 3.55. The second-order valence-corrected chi connectivity index (χ2v) is 3.58. The van der Waals surface area contributed by atoms with E-state index in [1.807, 2.05) is 0 Å². The number of aromatic nitrogens is 1. The molecular weight excluding hydrogens is 229 g/mol. The highest BCUT2D eigenvalue weighted by atomic mass is 35.5. The second kappa shape index (κ2) is 4.49. The van der Waals surface area contributed by atoms with Gasteiger partial charge in [0, 0.05) is 5.56 Å². The van der Waals surface area contributed by atoms with Gasteiger partial charge in [-0.15, -0.1) is 0 Å². The lowest BCUT2D eigenvalue weighted by molar-refractivity contribution is 0.415. The predicted molar refractivity (Wildman–Crippen MR) is 61.2 cm³/mol. The first kappa shape index (κ1) is 10.9. The number of pyridine rings is 1. The number of ether oxygens (including phenoxy) is 1. The molecule has 0 fully saturated rings. The Hall–Kier alpha value is -1.61. The molecule has 0 N–H and O–H groups in total. The number of nitrogens with zero attached hydrogens (tertiary/aromatic N) is 1. The van der Waals surface area contributed by atoms with Gasteiger partial charge in [0.2, 0.25) is 0 Å². The molecule has 0 aliphatic rings. The zero-order chi connectivity index (χ0) is 11.5. The van der Waals surface area contributed by atoms with Gasteiger partial charge in [0.1, 0.15) is 16.7 Å². The molecule has 1 aromatic carbocycles. The van der Waals surface area contributed by atoms with Crippen molar-refractivity contribution in [2.24, 2.45) is 0 Å². The number of halogens is 2. The normalized spacial score (nSPS) is 10.2. The fraction of sp³-hybridized carbons (Fsp3) is 0.0833.